The second-order valence-electron chi connectivity index (χ2n) is 14.6. The maximum Gasteiger partial charge on any atom is 0.269 e. The van der Waals surface area contributed by atoms with E-state index in [2.05, 4.69) is 53.4 Å². The van der Waals surface area contributed by atoms with Gasteiger partial charge in [-0.25, -0.2) is 4.98 Å². The summed E-state index contributed by atoms with van der Waals surface area (Å²) in [4.78, 5) is 47.7. The first-order valence-corrected chi connectivity index (χ1v) is 19.3. The fraction of sp³-hybridized carbons (Fsp3) is 0.475. The van der Waals surface area contributed by atoms with Gasteiger partial charge < -0.3 is 37.2 Å². The average molecular weight is 738 g/mol. The molecule has 0 unspecified atom stereocenters. The summed E-state index contributed by atoms with van der Waals surface area (Å²) in [6.07, 6.45) is 10.6. The smallest absolute Gasteiger partial charge is 0.269 e. The molecule has 3 aliphatic heterocycles. The van der Waals surface area contributed by atoms with Gasteiger partial charge in [0.2, 0.25) is 5.91 Å². The lowest BCUT2D eigenvalue weighted by molar-refractivity contribution is -0.121. The molecule has 2 amide bonds. The Morgan fingerprint density at radius 1 is 0.963 bits per heavy atom. The van der Waals surface area contributed by atoms with Gasteiger partial charge in [0, 0.05) is 55.8 Å². The molecule has 5 heterocycles. The van der Waals surface area contributed by atoms with Crippen LogP contribution in [0.5, 0.6) is 0 Å². The predicted molar refractivity (Wildman–Crippen MR) is 211 cm³/mol. The Hall–Kier alpha value is -5.21. The Balaban J connectivity index is 0.000000560. The third-order valence-electron chi connectivity index (χ3n) is 10.2. The van der Waals surface area contributed by atoms with Crippen molar-refractivity contribution in [1.82, 2.24) is 35.2 Å². The monoisotopic (exact) mass is 737 g/mol. The Bertz CT molecular complexity index is 1880. The number of likely N-dealkylation sites (tertiary alicyclic amines) is 2. The normalized spacial score (nSPS) is 18.7. The summed E-state index contributed by atoms with van der Waals surface area (Å²) in [6.45, 7) is 9.62. The minimum absolute atomic E-state index is 0.0114. The van der Waals surface area contributed by atoms with Crippen LogP contribution in [0.15, 0.2) is 65.9 Å². The molecule has 8 rings (SSSR count). The number of nitrogens with one attached hydrogen (secondary N) is 3. The summed E-state index contributed by atoms with van der Waals surface area (Å²) in [5.41, 5.74) is 19.1. The van der Waals surface area contributed by atoms with Crippen LogP contribution in [0.25, 0.3) is 11.1 Å². The van der Waals surface area contributed by atoms with E-state index in [1.54, 1.807) is 6.07 Å². The average Bonchev–Trinajstić information content (AvgIpc) is 4.09. The van der Waals surface area contributed by atoms with Gasteiger partial charge >= 0.3 is 0 Å². The zero-order chi connectivity index (χ0) is 38.4. The number of hydrogen-bond donors (Lipinski definition) is 5. The van der Waals surface area contributed by atoms with Crippen molar-refractivity contribution >= 4 is 29.5 Å². The van der Waals surface area contributed by atoms with Gasteiger partial charge in [-0.05, 0) is 76.9 Å². The summed E-state index contributed by atoms with van der Waals surface area (Å²) in [7, 11) is 4.20. The molecule has 0 spiro atoms. The number of anilines is 2. The second kappa shape index (κ2) is 17.3. The van der Waals surface area contributed by atoms with E-state index < -0.39 is 0 Å². The second-order valence-corrected chi connectivity index (χ2v) is 14.6. The van der Waals surface area contributed by atoms with Gasteiger partial charge in [-0.2, -0.15) is 5.10 Å². The van der Waals surface area contributed by atoms with Gasteiger partial charge in [-0.1, -0.05) is 32.0 Å². The van der Waals surface area contributed by atoms with Gasteiger partial charge in [0.25, 0.3) is 5.91 Å². The molecular formula is C40H55N11O3. The van der Waals surface area contributed by atoms with Crippen LogP contribution in [-0.4, -0.2) is 89.0 Å². The number of nitrogens with zero attached hydrogens (tertiary/aromatic N) is 6. The van der Waals surface area contributed by atoms with Crippen molar-refractivity contribution in [3.05, 3.63) is 83.0 Å². The van der Waals surface area contributed by atoms with Crippen LogP contribution in [0, 0.1) is 5.92 Å². The molecule has 2 saturated heterocycles. The van der Waals surface area contributed by atoms with E-state index in [1.807, 2.05) is 51.4 Å². The molecule has 7 N–H and O–H groups in total. The van der Waals surface area contributed by atoms with E-state index in [1.165, 1.54) is 32.0 Å². The number of carbonyl (C=O) groups is 3. The molecule has 14 heteroatoms. The molecule has 288 valence electrons. The largest absolute Gasteiger partial charge is 0.393 e. The zero-order valence-electron chi connectivity index (χ0n) is 32.0. The van der Waals surface area contributed by atoms with Crippen molar-refractivity contribution in [2.24, 2.45) is 17.4 Å². The van der Waals surface area contributed by atoms with Gasteiger partial charge in [0.1, 0.15) is 17.2 Å². The Morgan fingerprint density at radius 3 is 2.33 bits per heavy atom. The molecule has 2 aromatic heterocycles. The number of hydrogen-bond acceptors (Lipinski definition) is 11. The topological polar surface area (TPSA) is 180 Å². The van der Waals surface area contributed by atoms with Crippen LogP contribution < -0.4 is 32.3 Å². The van der Waals surface area contributed by atoms with E-state index in [-0.39, 0.29) is 41.3 Å². The van der Waals surface area contributed by atoms with Crippen LogP contribution in [0.4, 0.5) is 11.4 Å². The van der Waals surface area contributed by atoms with E-state index in [9.17, 15) is 14.4 Å². The van der Waals surface area contributed by atoms with E-state index in [4.69, 9.17) is 16.6 Å². The number of rotatable bonds is 11. The van der Waals surface area contributed by atoms with Crippen LogP contribution in [0.3, 0.4) is 0 Å². The molecule has 2 aliphatic carbocycles. The van der Waals surface area contributed by atoms with Crippen molar-refractivity contribution in [2.45, 2.75) is 77.5 Å². The quantitative estimate of drug-likeness (QED) is 0.110. The van der Waals surface area contributed by atoms with Gasteiger partial charge in [-0.15, -0.1) is 0 Å². The highest BCUT2D eigenvalue weighted by Gasteiger charge is 2.35. The number of pyridine rings is 1. The molecule has 54 heavy (non-hydrogen) atoms. The summed E-state index contributed by atoms with van der Waals surface area (Å²) >= 11 is 0. The molecule has 5 aliphatic rings. The van der Waals surface area contributed by atoms with Gasteiger partial charge in [0.15, 0.2) is 6.29 Å². The number of carbonyl (C=O) groups excluding carboxylic acids is 3. The first kappa shape index (κ1) is 38.5. The van der Waals surface area contributed by atoms with Crippen LogP contribution in [0.2, 0.25) is 0 Å². The number of aromatic nitrogens is 3. The fourth-order valence-electron chi connectivity index (χ4n) is 6.96. The summed E-state index contributed by atoms with van der Waals surface area (Å²) in [5, 5.41) is 13.8. The first-order chi connectivity index (χ1) is 26.2. The minimum Gasteiger partial charge on any atom is -0.393 e. The molecule has 2 saturated carbocycles. The number of para-hydroxylation sites is 1. The molecule has 4 fully saturated rings. The number of amides is 2. The minimum atomic E-state index is -0.383. The van der Waals surface area contributed by atoms with Crippen LogP contribution in [-0.2, 0) is 22.7 Å². The third-order valence-corrected chi connectivity index (χ3v) is 10.2. The molecule has 0 radical (unpaired) electrons. The first-order valence-electron chi connectivity index (χ1n) is 19.3. The summed E-state index contributed by atoms with van der Waals surface area (Å²) in [6, 6.07) is 11.8. The number of nitrogens with two attached hydrogens (primary N) is 2. The highest BCUT2D eigenvalue weighted by Crippen LogP contribution is 2.44. The fourth-order valence-corrected chi connectivity index (χ4v) is 6.96. The Morgan fingerprint density at radius 2 is 1.69 bits per heavy atom. The lowest BCUT2D eigenvalue weighted by atomic mass is 9.97. The highest BCUT2D eigenvalue weighted by molar-refractivity contribution is 5.96. The maximum atomic E-state index is 13.0. The van der Waals surface area contributed by atoms with Crippen molar-refractivity contribution in [2.75, 3.05) is 50.5 Å². The summed E-state index contributed by atoms with van der Waals surface area (Å²) < 4.78 is 2.12. The van der Waals surface area contributed by atoms with E-state index >= 15 is 0 Å². The maximum absolute atomic E-state index is 13.0. The number of benzene rings is 1. The SMILES string of the molecule is CC.CN1CCCC1.CN1Cc2c(cnn2C2CN(Cc3cccc(C=O)n3)C2)-c2cccc(NC(/C=C(\N)NC(=O)C3CC3)=C(/N)C(=O)NC3CC3)c21. The third kappa shape index (κ3) is 9.29. The standard InChI is InChI=1S/C33H38N10O3.C5H11N.C2H6/c1-41-17-28-25(13-36-43(28)23-15-42(16-23)14-21-4-2-5-22(18-44)37-21)24-6-3-7-26(31(24)41)39-27(30(35)33(46)38-20-10-11-20)12-29(34)40-32(45)19-8-9-19;1-6-4-2-3-5-6;1-2/h2-7,12-13,18-20,23,39H,8-11,14-17,34-35H2,1H3,(H,38,46)(H,40,45);2-5H2,1H3;1-2H3/b29-12+,30-27+;;. The van der Waals surface area contributed by atoms with Gasteiger partial charge in [0.05, 0.1) is 47.2 Å². The Labute approximate surface area is 318 Å². The van der Waals surface area contributed by atoms with Gasteiger partial charge in [-0.3, -0.25) is 24.0 Å². The van der Waals surface area contributed by atoms with Crippen LogP contribution >= 0.6 is 0 Å². The predicted octanol–water partition coefficient (Wildman–Crippen LogP) is 3.69. The van der Waals surface area contributed by atoms with E-state index in [0.29, 0.717) is 24.5 Å². The molecule has 1 aromatic carbocycles. The molecule has 0 bridgehead atoms. The zero-order valence-corrected chi connectivity index (χ0v) is 32.0. The number of fused-ring (bicyclic) bond motifs is 3. The summed E-state index contributed by atoms with van der Waals surface area (Å²) in [5.74, 6) is -0.418. The molecule has 0 atom stereocenters. The van der Waals surface area contributed by atoms with Crippen LogP contribution in [0.1, 0.15) is 80.3 Å². The van der Waals surface area contributed by atoms with Crippen molar-refractivity contribution < 1.29 is 14.4 Å². The molecule has 3 aromatic rings. The highest BCUT2D eigenvalue weighted by atomic mass is 16.2. The molecule has 14 nitrogen and oxygen atoms in total. The van der Waals surface area contributed by atoms with Crippen molar-refractivity contribution in [3.8, 4) is 11.1 Å². The van der Waals surface area contributed by atoms with Crippen molar-refractivity contribution in [1.29, 1.82) is 0 Å². The van der Waals surface area contributed by atoms with Crippen molar-refractivity contribution in [3.63, 3.8) is 0 Å². The Kier molecular flexibility index (Phi) is 12.3. The van der Waals surface area contributed by atoms with E-state index in [0.717, 1.165) is 78.9 Å². The number of aldehydes is 1. The lowest BCUT2D eigenvalue weighted by Gasteiger charge is -2.40. The number of allylic oxidation sites excluding steroid dienone is 1. The lowest BCUT2D eigenvalue weighted by Crippen LogP contribution is -2.48. The molecular weight excluding hydrogens is 683 g/mol.